The van der Waals surface area contributed by atoms with Crippen molar-refractivity contribution in [2.75, 3.05) is 11.9 Å². The van der Waals surface area contributed by atoms with Gasteiger partial charge in [0.25, 0.3) is 0 Å². The minimum absolute atomic E-state index is 1.07. The Morgan fingerprint density at radius 3 is 2.57 bits per heavy atom. The fourth-order valence-corrected chi connectivity index (χ4v) is 1.44. The van der Waals surface area contributed by atoms with Crippen LogP contribution >= 0.6 is 0 Å². The number of benzene rings is 1. The van der Waals surface area contributed by atoms with E-state index in [9.17, 15) is 0 Å². The van der Waals surface area contributed by atoms with E-state index in [0.29, 0.717) is 0 Å². The van der Waals surface area contributed by atoms with Gasteiger partial charge in [-0.3, -0.25) is 0 Å². The zero-order valence-corrected chi connectivity index (χ0v) is 9.59. The van der Waals surface area contributed by atoms with Crippen molar-refractivity contribution in [3.8, 4) is 0 Å². The third-order valence-electron chi connectivity index (χ3n) is 2.62. The Labute approximate surface area is 87.1 Å². The second-order valence-corrected chi connectivity index (χ2v) is 3.77. The van der Waals surface area contributed by atoms with Crippen molar-refractivity contribution in [2.45, 2.75) is 27.2 Å². The van der Waals surface area contributed by atoms with Gasteiger partial charge in [0.15, 0.2) is 0 Å². The van der Waals surface area contributed by atoms with E-state index in [-0.39, 0.29) is 0 Å². The Balaban J connectivity index is 3.11. The summed E-state index contributed by atoms with van der Waals surface area (Å²) in [5.74, 6) is 0. The molecule has 0 saturated heterocycles. The first-order chi connectivity index (χ1) is 6.56. The van der Waals surface area contributed by atoms with E-state index < -0.39 is 0 Å². The summed E-state index contributed by atoms with van der Waals surface area (Å²) in [4.78, 5) is 2.13. The molecule has 0 aliphatic rings. The molecular weight excluding hydrogens is 170 g/mol. The molecule has 0 aliphatic carbocycles. The molecule has 0 aromatic heterocycles. The molecule has 0 aliphatic heterocycles. The lowest BCUT2D eigenvalue weighted by Crippen LogP contribution is -2.14. The monoisotopic (exact) mass is 189 g/mol. The summed E-state index contributed by atoms with van der Waals surface area (Å²) < 4.78 is 0. The quantitative estimate of drug-likeness (QED) is 0.703. The van der Waals surface area contributed by atoms with Crippen molar-refractivity contribution in [2.24, 2.45) is 0 Å². The highest BCUT2D eigenvalue weighted by Gasteiger charge is 2.05. The van der Waals surface area contributed by atoms with Gasteiger partial charge in [-0.1, -0.05) is 25.6 Å². The Kier molecular flexibility index (Phi) is 3.34. The molecule has 1 aromatic carbocycles. The second kappa shape index (κ2) is 4.32. The molecule has 1 nitrogen and oxygen atoms in total. The van der Waals surface area contributed by atoms with E-state index in [4.69, 9.17) is 0 Å². The van der Waals surface area contributed by atoms with Crippen LogP contribution in [0.15, 0.2) is 30.5 Å². The zero-order valence-electron chi connectivity index (χ0n) is 9.59. The van der Waals surface area contributed by atoms with E-state index in [1.807, 2.05) is 6.92 Å². The van der Waals surface area contributed by atoms with Crippen LogP contribution in [0.25, 0.3) is 0 Å². The number of aryl methyl sites for hydroxylation is 2. The summed E-state index contributed by atoms with van der Waals surface area (Å²) >= 11 is 0. The highest BCUT2D eigenvalue weighted by molar-refractivity contribution is 5.57. The van der Waals surface area contributed by atoms with Gasteiger partial charge in [0.05, 0.1) is 0 Å². The minimum atomic E-state index is 1.07. The molecule has 0 heterocycles. The van der Waals surface area contributed by atoms with E-state index >= 15 is 0 Å². The van der Waals surface area contributed by atoms with Crippen LogP contribution in [0, 0.1) is 6.92 Å². The molecule has 0 radical (unpaired) electrons. The van der Waals surface area contributed by atoms with Crippen LogP contribution < -0.4 is 4.90 Å². The van der Waals surface area contributed by atoms with Crippen LogP contribution in [0.5, 0.6) is 0 Å². The first kappa shape index (κ1) is 10.8. The highest BCUT2D eigenvalue weighted by atomic mass is 15.1. The summed E-state index contributed by atoms with van der Waals surface area (Å²) in [6, 6.07) is 6.60. The lowest BCUT2D eigenvalue weighted by atomic mass is 10.1. The molecule has 76 valence electrons. The van der Waals surface area contributed by atoms with Crippen LogP contribution in [0.4, 0.5) is 5.69 Å². The number of anilines is 1. The maximum atomic E-state index is 3.95. The lowest BCUT2D eigenvalue weighted by molar-refractivity contribution is 1.07. The maximum Gasteiger partial charge on any atom is 0.0437 e. The fraction of sp³-hybridized carbons (Fsp3) is 0.385. The molecule has 0 amide bonds. The average Bonchev–Trinajstić information content (AvgIpc) is 2.17. The SMILES string of the molecule is C=C(C)N(C)c1cc(CC)ccc1C. The van der Waals surface area contributed by atoms with Crippen molar-refractivity contribution >= 4 is 5.69 Å². The van der Waals surface area contributed by atoms with Gasteiger partial charge in [0, 0.05) is 18.4 Å². The molecule has 0 spiro atoms. The van der Waals surface area contributed by atoms with Crippen molar-refractivity contribution in [1.29, 1.82) is 0 Å². The van der Waals surface area contributed by atoms with Crippen molar-refractivity contribution < 1.29 is 0 Å². The Morgan fingerprint density at radius 1 is 1.43 bits per heavy atom. The molecule has 0 fully saturated rings. The molecule has 1 aromatic rings. The summed E-state index contributed by atoms with van der Waals surface area (Å²) in [6.07, 6.45) is 1.08. The third kappa shape index (κ3) is 2.16. The van der Waals surface area contributed by atoms with Crippen molar-refractivity contribution in [3.05, 3.63) is 41.6 Å². The molecule has 0 atom stereocenters. The summed E-state index contributed by atoms with van der Waals surface area (Å²) in [6.45, 7) is 10.3. The van der Waals surface area contributed by atoms with Crippen molar-refractivity contribution in [3.63, 3.8) is 0 Å². The minimum Gasteiger partial charge on any atom is -0.349 e. The predicted octanol–water partition coefficient (Wildman–Crippen LogP) is 3.53. The first-order valence-electron chi connectivity index (χ1n) is 5.05. The number of nitrogens with zero attached hydrogens (tertiary/aromatic N) is 1. The maximum absolute atomic E-state index is 3.95. The summed E-state index contributed by atoms with van der Waals surface area (Å²) in [5.41, 5.74) is 5.00. The molecule has 0 unspecified atom stereocenters. The Hall–Kier alpha value is -1.24. The molecule has 0 saturated carbocycles. The van der Waals surface area contributed by atoms with Crippen LogP contribution in [-0.4, -0.2) is 7.05 Å². The molecular formula is C13H19N. The second-order valence-electron chi connectivity index (χ2n) is 3.77. The summed E-state index contributed by atoms with van der Waals surface area (Å²) in [7, 11) is 2.06. The van der Waals surface area contributed by atoms with Crippen molar-refractivity contribution in [1.82, 2.24) is 0 Å². The smallest absolute Gasteiger partial charge is 0.0437 e. The molecule has 1 rings (SSSR count). The lowest BCUT2D eigenvalue weighted by Gasteiger charge is -2.22. The van der Waals surface area contributed by atoms with Crippen LogP contribution in [-0.2, 0) is 6.42 Å². The first-order valence-corrected chi connectivity index (χ1v) is 5.05. The highest BCUT2D eigenvalue weighted by Crippen LogP contribution is 2.23. The molecule has 1 heteroatoms. The number of hydrogen-bond donors (Lipinski definition) is 0. The van der Waals surface area contributed by atoms with E-state index in [0.717, 1.165) is 12.1 Å². The number of hydrogen-bond acceptors (Lipinski definition) is 1. The van der Waals surface area contributed by atoms with E-state index in [2.05, 4.69) is 50.6 Å². The topological polar surface area (TPSA) is 3.24 Å². The number of rotatable bonds is 3. The normalized spacial score (nSPS) is 10.0. The van der Waals surface area contributed by atoms with E-state index in [1.165, 1.54) is 16.8 Å². The van der Waals surface area contributed by atoms with Crippen LogP contribution in [0.3, 0.4) is 0 Å². The van der Waals surface area contributed by atoms with Gasteiger partial charge in [-0.25, -0.2) is 0 Å². The van der Waals surface area contributed by atoms with Crippen LogP contribution in [0.2, 0.25) is 0 Å². The molecule has 0 bridgehead atoms. The fourth-order valence-electron chi connectivity index (χ4n) is 1.44. The largest absolute Gasteiger partial charge is 0.349 e. The van der Waals surface area contributed by atoms with E-state index in [1.54, 1.807) is 0 Å². The Morgan fingerprint density at radius 2 is 2.07 bits per heavy atom. The third-order valence-corrected chi connectivity index (χ3v) is 2.62. The van der Waals surface area contributed by atoms with Gasteiger partial charge in [0.2, 0.25) is 0 Å². The average molecular weight is 189 g/mol. The van der Waals surface area contributed by atoms with Crippen LogP contribution in [0.1, 0.15) is 25.0 Å². The number of allylic oxidation sites excluding steroid dienone is 1. The van der Waals surface area contributed by atoms with Gasteiger partial charge in [-0.2, -0.15) is 0 Å². The van der Waals surface area contributed by atoms with Gasteiger partial charge < -0.3 is 4.90 Å². The molecule has 14 heavy (non-hydrogen) atoms. The van der Waals surface area contributed by atoms with Gasteiger partial charge in [-0.05, 0) is 37.5 Å². The zero-order chi connectivity index (χ0) is 10.7. The van der Waals surface area contributed by atoms with Gasteiger partial charge in [0.1, 0.15) is 0 Å². The molecule has 0 N–H and O–H groups in total. The van der Waals surface area contributed by atoms with Gasteiger partial charge in [-0.15, -0.1) is 0 Å². The van der Waals surface area contributed by atoms with Gasteiger partial charge >= 0.3 is 0 Å². The standard InChI is InChI=1S/C13H19N/c1-6-12-8-7-11(4)13(9-12)14(5)10(2)3/h7-9H,2,6H2,1,3-5H3. The summed E-state index contributed by atoms with van der Waals surface area (Å²) in [5, 5.41) is 0. The predicted molar refractivity (Wildman–Crippen MR) is 63.8 cm³/mol. The Bertz CT molecular complexity index is 339.